The molecule has 1 aliphatic rings. The molecule has 1 heterocycles. The third-order valence-corrected chi connectivity index (χ3v) is 4.28. The van der Waals surface area contributed by atoms with E-state index in [2.05, 4.69) is 57.3 Å². The van der Waals surface area contributed by atoms with E-state index in [0.29, 0.717) is 0 Å². The van der Waals surface area contributed by atoms with Crippen molar-refractivity contribution in [2.24, 2.45) is 5.92 Å². The Balaban J connectivity index is 1.63. The van der Waals surface area contributed by atoms with Gasteiger partial charge in [0.1, 0.15) is 0 Å². The molecule has 0 spiro atoms. The number of likely N-dealkylation sites (tertiary alicyclic amines) is 1. The quantitative estimate of drug-likeness (QED) is 0.859. The summed E-state index contributed by atoms with van der Waals surface area (Å²) < 4.78 is 1.15. The zero-order valence-corrected chi connectivity index (χ0v) is 13.5. The molecule has 19 heavy (non-hydrogen) atoms. The zero-order chi connectivity index (χ0) is 13.5. The molecule has 1 aliphatic heterocycles. The molecule has 0 radical (unpaired) electrons. The Hall–Kier alpha value is -0.380. The van der Waals surface area contributed by atoms with Gasteiger partial charge in [0.05, 0.1) is 0 Å². The monoisotopic (exact) mass is 324 g/mol. The number of benzene rings is 1. The summed E-state index contributed by atoms with van der Waals surface area (Å²) >= 11 is 3.47. The van der Waals surface area contributed by atoms with Crippen LogP contribution in [0.15, 0.2) is 28.7 Å². The molecule has 1 atom stereocenters. The minimum atomic E-state index is 0.730. The predicted molar refractivity (Wildman–Crippen MR) is 85.3 cm³/mol. The van der Waals surface area contributed by atoms with Crippen LogP contribution in [0.4, 0.5) is 0 Å². The third kappa shape index (κ3) is 5.64. The lowest BCUT2D eigenvalue weighted by Gasteiger charge is -2.29. The summed E-state index contributed by atoms with van der Waals surface area (Å²) in [6, 6.07) is 8.56. The second kappa shape index (κ2) is 8.03. The van der Waals surface area contributed by atoms with E-state index in [9.17, 15) is 0 Å². The summed E-state index contributed by atoms with van der Waals surface area (Å²) in [6.07, 6.45) is 4.20. The molecular formula is C16H25BrN2. The average molecular weight is 325 g/mol. The number of nitrogens with zero attached hydrogens (tertiary/aromatic N) is 1. The molecule has 2 nitrogen and oxygen atoms in total. The number of halogens is 1. The minimum Gasteiger partial charge on any atom is -0.312 e. The molecule has 0 aliphatic carbocycles. The van der Waals surface area contributed by atoms with Crippen molar-refractivity contribution in [2.45, 2.75) is 32.7 Å². The van der Waals surface area contributed by atoms with E-state index < -0.39 is 0 Å². The zero-order valence-electron chi connectivity index (χ0n) is 11.9. The first-order chi connectivity index (χ1) is 9.24. The Labute approximate surface area is 125 Å². The van der Waals surface area contributed by atoms with Crippen LogP contribution in [0, 0.1) is 5.92 Å². The van der Waals surface area contributed by atoms with Crippen molar-refractivity contribution in [3.05, 3.63) is 34.3 Å². The molecule has 1 aromatic carbocycles. The van der Waals surface area contributed by atoms with Crippen molar-refractivity contribution < 1.29 is 0 Å². The molecule has 0 saturated carbocycles. The smallest absolute Gasteiger partial charge is 0.0205 e. The molecule has 0 amide bonds. The highest BCUT2D eigenvalue weighted by molar-refractivity contribution is 9.10. The van der Waals surface area contributed by atoms with E-state index in [0.717, 1.165) is 23.5 Å². The van der Waals surface area contributed by atoms with Crippen LogP contribution in [-0.2, 0) is 6.54 Å². The van der Waals surface area contributed by atoms with Crippen LogP contribution in [0.5, 0.6) is 0 Å². The van der Waals surface area contributed by atoms with Crippen LogP contribution in [-0.4, -0.2) is 31.1 Å². The van der Waals surface area contributed by atoms with Crippen molar-refractivity contribution in [1.82, 2.24) is 10.2 Å². The molecular weight excluding hydrogens is 300 g/mol. The molecule has 1 unspecified atom stereocenters. The maximum absolute atomic E-state index is 3.57. The molecule has 3 heteroatoms. The van der Waals surface area contributed by atoms with Gasteiger partial charge in [0.15, 0.2) is 0 Å². The molecule has 1 aromatic rings. The van der Waals surface area contributed by atoms with E-state index in [1.54, 1.807) is 0 Å². The molecule has 1 fully saturated rings. The lowest BCUT2D eigenvalue weighted by molar-refractivity contribution is 0.199. The van der Waals surface area contributed by atoms with Crippen molar-refractivity contribution >= 4 is 15.9 Å². The number of hydrogen-bond donors (Lipinski definition) is 1. The van der Waals surface area contributed by atoms with Gasteiger partial charge < -0.3 is 10.2 Å². The third-order valence-electron chi connectivity index (χ3n) is 3.75. The summed E-state index contributed by atoms with van der Waals surface area (Å²) in [5.74, 6) is 0.730. The summed E-state index contributed by atoms with van der Waals surface area (Å²) in [5.41, 5.74) is 1.35. The van der Waals surface area contributed by atoms with Crippen molar-refractivity contribution in [3.8, 4) is 0 Å². The van der Waals surface area contributed by atoms with Crippen molar-refractivity contribution in [3.63, 3.8) is 0 Å². The van der Waals surface area contributed by atoms with E-state index in [-0.39, 0.29) is 0 Å². The second-order valence-electron chi connectivity index (χ2n) is 5.72. The molecule has 2 rings (SSSR count). The van der Waals surface area contributed by atoms with E-state index >= 15 is 0 Å². The standard InChI is InChI=1S/C16H25BrN2/c1-14(13-19-9-3-2-4-10-19)11-18-12-15-5-7-16(17)8-6-15/h5-8,14,18H,2-4,9-13H2,1H3. The van der Waals surface area contributed by atoms with Gasteiger partial charge in [-0.2, -0.15) is 0 Å². The molecule has 0 aromatic heterocycles. The fraction of sp³-hybridized carbons (Fsp3) is 0.625. The van der Waals surface area contributed by atoms with Gasteiger partial charge in [-0.15, -0.1) is 0 Å². The largest absolute Gasteiger partial charge is 0.312 e. The summed E-state index contributed by atoms with van der Waals surface area (Å²) in [5, 5.41) is 3.57. The summed E-state index contributed by atoms with van der Waals surface area (Å²) in [4.78, 5) is 2.62. The lowest BCUT2D eigenvalue weighted by Crippen LogP contribution is -2.36. The van der Waals surface area contributed by atoms with Crippen LogP contribution in [0.3, 0.4) is 0 Å². The fourth-order valence-electron chi connectivity index (χ4n) is 2.71. The molecule has 1 N–H and O–H groups in total. The number of hydrogen-bond acceptors (Lipinski definition) is 2. The van der Waals surface area contributed by atoms with E-state index in [4.69, 9.17) is 0 Å². The second-order valence-corrected chi connectivity index (χ2v) is 6.64. The van der Waals surface area contributed by atoms with Crippen LogP contribution < -0.4 is 5.32 Å². The topological polar surface area (TPSA) is 15.3 Å². The highest BCUT2D eigenvalue weighted by Crippen LogP contribution is 2.12. The van der Waals surface area contributed by atoms with Crippen LogP contribution in [0.2, 0.25) is 0 Å². The average Bonchev–Trinajstić information content (AvgIpc) is 2.42. The highest BCUT2D eigenvalue weighted by atomic mass is 79.9. The maximum atomic E-state index is 3.57. The van der Waals surface area contributed by atoms with Crippen molar-refractivity contribution in [1.29, 1.82) is 0 Å². The number of piperidine rings is 1. The predicted octanol–water partition coefficient (Wildman–Crippen LogP) is 3.66. The van der Waals surface area contributed by atoms with Gasteiger partial charge in [0.25, 0.3) is 0 Å². The number of nitrogens with one attached hydrogen (secondary N) is 1. The first-order valence-corrected chi connectivity index (χ1v) is 8.21. The maximum Gasteiger partial charge on any atom is 0.0205 e. The van der Waals surface area contributed by atoms with Gasteiger partial charge in [-0.25, -0.2) is 0 Å². The van der Waals surface area contributed by atoms with Gasteiger partial charge in [-0.3, -0.25) is 0 Å². The van der Waals surface area contributed by atoms with Gasteiger partial charge in [-0.1, -0.05) is 41.4 Å². The molecule has 1 saturated heterocycles. The SMILES string of the molecule is CC(CNCc1ccc(Br)cc1)CN1CCCCC1. The Kier molecular flexibility index (Phi) is 6.35. The van der Waals surface area contributed by atoms with Crippen LogP contribution >= 0.6 is 15.9 Å². The van der Waals surface area contributed by atoms with Crippen LogP contribution in [0.1, 0.15) is 31.7 Å². The first-order valence-electron chi connectivity index (χ1n) is 7.41. The van der Waals surface area contributed by atoms with Crippen LogP contribution in [0.25, 0.3) is 0 Å². The summed E-state index contributed by atoms with van der Waals surface area (Å²) in [6.45, 7) is 8.27. The Morgan fingerprint density at radius 2 is 1.84 bits per heavy atom. The van der Waals surface area contributed by atoms with Gasteiger partial charge in [-0.05, 0) is 56.1 Å². The molecule has 0 bridgehead atoms. The Bertz CT molecular complexity index is 358. The normalized spacial score (nSPS) is 18.4. The Morgan fingerprint density at radius 1 is 1.16 bits per heavy atom. The summed E-state index contributed by atoms with van der Waals surface area (Å²) in [7, 11) is 0. The Morgan fingerprint density at radius 3 is 2.53 bits per heavy atom. The number of rotatable bonds is 6. The van der Waals surface area contributed by atoms with E-state index in [1.807, 2.05) is 0 Å². The van der Waals surface area contributed by atoms with Gasteiger partial charge in [0.2, 0.25) is 0 Å². The highest BCUT2D eigenvalue weighted by Gasteiger charge is 2.12. The van der Waals surface area contributed by atoms with E-state index in [1.165, 1.54) is 44.5 Å². The minimum absolute atomic E-state index is 0.730. The lowest BCUT2D eigenvalue weighted by atomic mass is 10.1. The van der Waals surface area contributed by atoms with Gasteiger partial charge >= 0.3 is 0 Å². The fourth-order valence-corrected chi connectivity index (χ4v) is 2.98. The van der Waals surface area contributed by atoms with Gasteiger partial charge in [0, 0.05) is 17.6 Å². The van der Waals surface area contributed by atoms with Crippen molar-refractivity contribution in [2.75, 3.05) is 26.2 Å². The molecule has 106 valence electrons. The first kappa shape index (κ1) is 15.0.